The fraction of sp³-hybridized carbons (Fsp3) is 0.286. The maximum Gasteiger partial charge on any atom is 0.344 e. The van der Waals surface area contributed by atoms with Crippen LogP contribution in [-0.2, 0) is 20.9 Å². The molecule has 0 spiro atoms. The second-order valence-electron chi connectivity index (χ2n) is 4.52. The molecule has 0 fully saturated rings. The lowest BCUT2D eigenvalue weighted by Crippen LogP contribution is -2.31. The second kappa shape index (κ2) is 8.18. The molecule has 1 amide bonds. The standard InChI is InChI=1S/C14H16N4O4S/c1-22-12(20)7-15-11(19)9-23-14-17-16-13(21)18(14)8-10-5-3-2-4-6-10/h2-6H,7-9H2,1H3,(H,15,19)(H,16,21). The number of hydrogen-bond donors (Lipinski definition) is 2. The number of esters is 1. The zero-order valence-electron chi connectivity index (χ0n) is 12.4. The van der Waals surface area contributed by atoms with Crippen LogP contribution in [0.1, 0.15) is 5.56 Å². The molecule has 1 heterocycles. The van der Waals surface area contributed by atoms with Crippen LogP contribution in [0.25, 0.3) is 0 Å². The van der Waals surface area contributed by atoms with Crippen LogP contribution in [0.5, 0.6) is 0 Å². The lowest BCUT2D eigenvalue weighted by Gasteiger charge is -2.06. The van der Waals surface area contributed by atoms with E-state index in [1.807, 2.05) is 30.3 Å². The average molecular weight is 336 g/mol. The van der Waals surface area contributed by atoms with Crippen molar-refractivity contribution in [3.8, 4) is 0 Å². The van der Waals surface area contributed by atoms with Crippen LogP contribution >= 0.6 is 11.8 Å². The van der Waals surface area contributed by atoms with Gasteiger partial charge < -0.3 is 10.1 Å². The summed E-state index contributed by atoms with van der Waals surface area (Å²) in [5, 5.41) is 9.11. The van der Waals surface area contributed by atoms with Crippen molar-refractivity contribution in [2.45, 2.75) is 11.7 Å². The van der Waals surface area contributed by atoms with Gasteiger partial charge in [-0.3, -0.25) is 14.2 Å². The van der Waals surface area contributed by atoms with Crippen molar-refractivity contribution in [3.63, 3.8) is 0 Å². The zero-order valence-corrected chi connectivity index (χ0v) is 13.3. The highest BCUT2D eigenvalue weighted by Gasteiger charge is 2.12. The van der Waals surface area contributed by atoms with Gasteiger partial charge in [-0.2, -0.15) is 0 Å². The van der Waals surface area contributed by atoms with Gasteiger partial charge in [-0.25, -0.2) is 9.89 Å². The number of H-pyrrole nitrogens is 1. The van der Waals surface area contributed by atoms with E-state index < -0.39 is 5.97 Å². The number of carbonyl (C=O) groups is 2. The van der Waals surface area contributed by atoms with Gasteiger partial charge in [0.15, 0.2) is 5.16 Å². The minimum absolute atomic E-state index is 0.0378. The predicted octanol–water partition coefficient (Wildman–Crippen LogP) is 0.00100. The third kappa shape index (κ3) is 4.99. The summed E-state index contributed by atoms with van der Waals surface area (Å²) in [6.45, 7) is 0.176. The van der Waals surface area contributed by atoms with Gasteiger partial charge in [0, 0.05) is 0 Å². The Morgan fingerprint density at radius 1 is 1.35 bits per heavy atom. The number of rotatable bonds is 7. The fourth-order valence-corrected chi connectivity index (χ4v) is 2.52. The number of carbonyl (C=O) groups excluding carboxylic acids is 2. The van der Waals surface area contributed by atoms with Crippen molar-refractivity contribution in [2.75, 3.05) is 19.4 Å². The van der Waals surface area contributed by atoms with E-state index in [0.29, 0.717) is 11.7 Å². The smallest absolute Gasteiger partial charge is 0.344 e. The third-order valence-corrected chi connectivity index (χ3v) is 3.87. The predicted molar refractivity (Wildman–Crippen MR) is 84.1 cm³/mol. The Morgan fingerprint density at radius 2 is 2.09 bits per heavy atom. The minimum atomic E-state index is -0.524. The summed E-state index contributed by atoms with van der Waals surface area (Å²) >= 11 is 1.11. The molecule has 0 aliphatic heterocycles. The molecule has 8 nitrogen and oxygen atoms in total. The number of hydrogen-bond acceptors (Lipinski definition) is 6. The molecule has 0 radical (unpaired) electrons. The van der Waals surface area contributed by atoms with Gasteiger partial charge in [0.1, 0.15) is 6.54 Å². The Hall–Kier alpha value is -2.55. The number of ether oxygens (including phenoxy) is 1. The first-order valence-electron chi connectivity index (χ1n) is 6.75. The first-order valence-corrected chi connectivity index (χ1v) is 7.74. The molecule has 9 heteroatoms. The third-order valence-electron chi connectivity index (χ3n) is 2.90. The molecule has 0 saturated carbocycles. The van der Waals surface area contributed by atoms with Gasteiger partial charge in [-0.05, 0) is 5.56 Å². The molecule has 2 rings (SSSR count). The molecule has 0 aliphatic carbocycles. The molecular weight excluding hydrogens is 320 g/mol. The van der Waals surface area contributed by atoms with Crippen molar-refractivity contribution in [1.29, 1.82) is 0 Å². The van der Waals surface area contributed by atoms with Crippen LogP contribution < -0.4 is 11.0 Å². The van der Waals surface area contributed by atoms with Gasteiger partial charge >= 0.3 is 11.7 Å². The largest absolute Gasteiger partial charge is 0.468 e. The van der Waals surface area contributed by atoms with Crippen molar-refractivity contribution in [3.05, 3.63) is 46.4 Å². The van der Waals surface area contributed by atoms with Crippen molar-refractivity contribution < 1.29 is 14.3 Å². The lowest BCUT2D eigenvalue weighted by atomic mass is 10.2. The number of methoxy groups -OCH3 is 1. The maximum atomic E-state index is 11.8. The highest BCUT2D eigenvalue weighted by atomic mass is 32.2. The SMILES string of the molecule is COC(=O)CNC(=O)CSc1n[nH]c(=O)n1Cc1ccccc1. The van der Waals surface area contributed by atoms with E-state index >= 15 is 0 Å². The highest BCUT2D eigenvalue weighted by molar-refractivity contribution is 7.99. The van der Waals surface area contributed by atoms with E-state index in [2.05, 4.69) is 20.3 Å². The first-order chi connectivity index (χ1) is 11.1. The number of thioether (sulfide) groups is 1. The Bertz CT molecular complexity index is 726. The Morgan fingerprint density at radius 3 is 2.78 bits per heavy atom. The summed E-state index contributed by atoms with van der Waals surface area (Å²) in [6, 6.07) is 9.46. The molecular formula is C14H16N4O4S. The topological polar surface area (TPSA) is 106 Å². The summed E-state index contributed by atoms with van der Waals surface area (Å²) in [5.74, 6) is -0.831. The van der Waals surface area contributed by atoms with E-state index in [1.165, 1.54) is 11.7 Å². The number of aromatic nitrogens is 3. The summed E-state index contributed by atoms with van der Waals surface area (Å²) in [4.78, 5) is 34.4. The molecule has 0 unspecified atom stereocenters. The highest BCUT2D eigenvalue weighted by Crippen LogP contribution is 2.14. The first kappa shape index (κ1) is 16.8. The van der Waals surface area contributed by atoms with Gasteiger partial charge in [0.2, 0.25) is 5.91 Å². The number of benzene rings is 1. The van der Waals surface area contributed by atoms with Crippen LogP contribution in [0.4, 0.5) is 0 Å². The molecule has 23 heavy (non-hydrogen) atoms. The molecule has 1 aromatic carbocycles. The Labute approximate surface area is 136 Å². The molecule has 0 bridgehead atoms. The molecule has 1 aromatic heterocycles. The summed E-state index contributed by atoms with van der Waals surface area (Å²) in [7, 11) is 1.25. The van der Waals surface area contributed by atoms with Crippen LogP contribution in [0.2, 0.25) is 0 Å². The molecule has 2 N–H and O–H groups in total. The van der Waals surface area contributed by atoms with Crippen molar-refractivity contribution in [2.24, 2.45) is 0 Å². The van der Waals surface area contributed by atoms with Crippen molar-refractivity contribution in [1.82, 2.24) is 20.1 Å². The van der Waals surface area contributed by atoms with E-state index in [0.717, 1.165) is 17.3 Å². The van der Waals surface area contributed by atoms with Gasteiger partial charge in [0.25, 0.3) is 0 Å². The fourth-order valence-electron chi connectivity index (χ4n) is 1.74. The molecule has 0 aliphatic rings. The van der Waals surface area contributed by atoms with Crippen LogP contribution in [-0.4, -0.2) is 46.0 Å². The average Bonchev–Trinajstić information content (AvgIpc) is 2.92. The number of amides is 1. The lowest BCUT2D eigenvalue weighted by molar-refractivity contribution is -0.140. The normalized spacial score (nSPS) is 10.3. The maximum absolute atomic E-state index is 11.8. The van der Waals surface area contributed by atoms with Crippen LogP contribution in [0, 0.1) is 0 Å². The van der Waals surface area contributed by atoms with E-state index in [1.54, 1.807) is 0 Å². The molecule has 0 atom stereocenters. The molecule has 0 saturated heterocycles. The van der Waals surface area contributed by atoms with E-state index in [-0.39, 0.29) is 23.9 Å². The van der Waals surface area contributed by atoms with Crippen molar-refractivity contribution >= 4 is 23.6 Å². The van der Waals surface area contributed by atoms with Gasteiger partial charge in [0.05, 0.1) is 19.4 Å². The van der Waals surface area contributed by atoms with Gasteiger partial charge in [-0.1, -0.05) is 42.1 Å². The zero-order chi connectivity index (χ0) is 16.7. The Kier molecular flexibility index (Phi) is 5.98. The number of nitrogens with one attached hydrogen (secondary N) is 2. The number of nitrogens with zero attached hydrogens (tertiary/aromatic N) is 2. The summed E-state index contributed by atoms with van der Waals surface area (Å²) in [5.41, 5.74) is 0.610. The molecule has 2 aromatic rings. The number of aromatic amines is 1. The van der Waals surface area contributed by atoms with Crippen LogP contribution in [0.3, 0.4) is 0 Å². The van der Waals surface area contributed by atoms with Crippen LogP contribution in [0.15, 0.2) is 40.3 Å². The molecule has 122 valence electrons. The monoisotopic (exact) mass is 336 g/mol. The second-order valence-corrected chi connectivity index (χ2v) is 5.47. The quantitative estimate of drug-likeness (QED) is 0.545. The van der Waals surface area contributed by atoms with Gasteiger partial charge in [-0.15, -0.1) is 5.10 Å². The summed E-state index contributed by atoms with van der Waals surface area (Å²) in [6.07, 6.45) is 0. The summed E-state index contributed by atoms with van der Waals surface area (Å²) < 4.78 is 5.88. The Balaban J connectivity index is 1.95. The minimum Gasteiger partial charge on any atom is -0.468 e. The van der Waals surface area contributed by atoms with E-state index in [4.69, 9.17) is 0 Å². The van der Waals surface area contributed by atoms with E-state index in [9.17, 15) is 14.4 Å².